The summed E-state index contributed by atoms with van der Waals surface area (Å²) in [6.07, 6.45) is 2.68. The number of unbranched alkanes of at least 4 members (excludes halogenated alkanes) is 1. The highest BCUT2D eigenvalue weighted by atomic mass is 32.2. The number of thioether (sulfide) groups is 1. The van der Waals surface area contributed by atoms with Gasteiger partial charge in [0.25, 0.3) is 0 Å². The average molecular weight is 597 g/mol. The molecule has 0 aliphatic heterocycles. The Morgan fingerprint density at radius 3 is 2.32 bits per heavy atom. The van der Waals surface area contributed by atoms with Crippen molar-refractivity contribution >= 4 is 25.8 Å². The van der Waals surface area contributed by atoms with Gasteiger partial charge in [0.1, 0.15) is 17.1 Å². The molecule has 8 heteroatoms. The molecule has 0 aliphatic carbocycles. The van der Waals surface area contributed by atoms with Gasteiger partial charge in [-0.25, -0.2) is 4.79 Å². The molecule has 3 rings (SSSR count). The molecule has 6 nitrogen and oxygen atoms in total. The Hall–Kier alpha value is -2.78. The predicted octanol–water partition coefficient (Wildman–Crippen LogP) is 8.00. The normalized spacial score (nSPS) is 11.3. The van der Waals surface area contributed by atoms with Crippen molar-refractivity contribution in [1.82, 2.24) is 0 Å². The summed E-state index contributed by atoms with van der Waals surface area (Å²) in [5.41, 5.74) is 3.72. The molecule has 0 fully saturated rings. The van der Waals surface area contributed by atoms with Gasteiger partial charge in [-0.2, -0.15) is 0 Å². The van der Waals surface area contributed by atoms with Crippen LogP contribution in [0, 0.1) is 0 Å². The summed E-state index contributed by atoms with van der Waals surface area (Å²) in [5.74, 6) is 1.64. The van der Waals surface area contributed by atoms with E-state index in [-0.39, 0.29) is 12.8 Å². The minimum absolute atomic E-state index is 0.0608. The Labute approximate surface area is 250 Å². The van der Waals surface area contributed by atoms with Crippen LogP contribution in [0.4, 0.5) is 0 Å². The third-order valence-electron chi connectivity index (χ3n) is 6.53. The van der Waals surface area contributed by atoms with Crippen molar-refractivity contribution < 1.29 is 28.5 Å². The van der Waals surface area contributed by atoms with E-state index in [9.17, 15) is 4.79 Å². The van der Waals surface area contributed by atoms with E-state index in [0.717, 1.165) is 52.6 Å². The zero-order valence-electron chi connectivity index (χ0n) is 25.1. The second-order valence-corrected chi connectivity index (χ2v) is 17.7. The van der Waals surface area contributed by atoms with Crippen LogP contribution in [0.2, 0.25) is 25.7 Å². The molecular weight excluding hydrogens is 553 g/mol. The Kier molecular flexibility index (Phi) is 13.8. The molecule has 0 aromatic heterocycles. The second kappa shape index (κ2) is 17.2. The van der Waals surface area contributed by atoms with Crippen LogP contribution in [0.5, 0.6) is 11.5 Å². The predicted molar refractivity (Wildman–Crippen MR) is 169 cm³/mol. The van der Waals surface area contributed by atoms with Crippen molar-refractivity contribution in [2.45, 2.75) is 62.2 Å². The van der Waals surface area contributed by atoms with Gasteiger partial charge < -0.3 is 23.7 Å². The lowest BCUT2D eigenvalue weighted by molar-refractivity contribution is 0.0436. The highest BCUT2D eigenvalue weighted by molar-refractivity contribution is 7.98. The van der Waals surface area contributed by atoms with Crippen molar-refractivity contribution in [3.05, 3.63) is 89.0 Å². The molecule has 0 aliphatic rings. The molecule has 0 heterocycles. The molecule has 3 aromatic rings. The van der Waals surface area contributed by atoms with Crippen molar-refractivity contribution in [2.75, 3.05) is 34.2 Å². The Morgan fingerprint density at radius 2 is 1.63 bits per heavy atom. The maximum atomic E-state index is 13.5. The fraction of sp³-hybridized carbons (Fsp3) is 0.424. The molecule has 0 unspecified atom stereocenters. The van der Waals surface area contributed by atoms with Crippen molar-refractivity contribution in [2.24, 2.45) is 0 Å². The summed E-state index contributed by atoms with van der Waals surface area (Å²) in [7, 11) is 1.89. The van der Waals surface area contributed by atoms with Crippen LogP contribution in [0.15, 0.2) is 71.6 Å². The van der Waals surface area contributed by atoms with Gasteiger partial charge >= 0.3 is 5.97 Å². The summed E-state index contributed by atoms with van der Waals surface area (Å²) in [6.45, 7) is 8.54. The lowest BCUT2D eigenvalue weighted by Gasteiger charge is -2.20. The molecule has 3 aromatic carbocycles. The number of rotatable bonds is 18. The first-order valence-electron chi connectivity index (χ1n) is 14.1. The van der Waals surface area contributed by atoms with E-state index >= 15 is 0 Å². The van der Waals surface area contributed by atoms with Crippen LogP contribution in [0.25, 0.3) is 0 Å². The van der Waals surface area contributed by atoms with Crippen LogP contribution in [0.1, 0.15) is 39.9 Å². The topological polar surface area (TPSA) is 63.2 Å². The van der Waals surface area contributed by atoms with Gasteiger partial charge in [-0.3, -0.25) is 0 Å². The first-order valence-corrected chi connectivity index (χ1v) is 18.8. The molecule has 222 valence electrons. The number of benzene rings is 3. The van der Waals surface area contributed by atoms with E-state index < -0.39 is 8.07 Å². The summed E-state index contributed by atoms with van der Waals surface area (Å²) in [6, 6.07) is 23.0. The van der Waals surface area contributed by atoms with Gasteiger partial charge in [0.15, 0.2) is 6.79 Å². The molecule has 0 spiro atoms. The zero-order chi connectivity index (χ0) is 29.5. The summed E-state index contributed by atoms with van der Waals surface area (Å²) >= 11 is 1.71. The smallest absolute Gasteiger partial charge is 0.342 e. The number of carbonyl (C=O) groups excluding carboxylic acids is 1. The quantitative estimate of drug-likeness (QED) is 0.0485. The Bertz CT molecular complexity index is 1190. The summed E-state index contributed by atoms with van der Waals surface area (Å²) in [4.78, 5) is 14.7. The maximum absolute atomic E-state index is 13.5. The van der Waals surface area contributed by atoms with Crippen LogP contribution in [0.3, 0.4) is 0 Å². The Morgan fingerprint density at radius 1 is 0.878 bits per heavy atom. The molecule has 0 saturated carbocycles. The maximum Gasteiger partial charge on any atom is 0.342 e. The molecular formula is C33H44O6SSi. The van der Waals surface area contributed by atoms with Crippen molar-refractivity contribution in [1.29, 1.82) is 0 Å². The molecule has 0 N–H and O–H groups in total. The van der Waals surface area contributed by atoms with Crippen LogP contribution >= 0.6 is 11.8 Å². The summed E-state index contributed by atoms with van der Waals surface area (Å²) in [5, 5.41) is 0. The number of aryl methyl sites for hydroxylation is 1. The summed E-state index contributed by atoms with van der Waals surface area (Å²) < 4.78 is 28.0. The van der Waals surface area contributed by atoms with Gasteiger partial charge in [0, 0.05) is 32.4 Å². The number of ether oxygens (including phenoxy) is 5. The van der Waals surface area contributed by atoms with Crippen molar-refractivity contribution in [3.63, 3.8) is 0 Å². The Balaban J connectivity index is 1.72. The average Bonchev–Trinajstić information content (AvgIpc) is 2.97. The molecule has 0 bridgehead atoms. The fourth-order valence-corrected chi connectivity index (χ4v) is 5.87. The van der Waals surface area contributed by atoms with Gasteiger partial charge in [0.2, 0.25) is 0 Å². The van der Waals surface area contributed by atoms with Gasteiger partial charge in [0.05, 0.1) is 20.3 Å². The molecule has 41 heavy (non-hydrogen) atoms. The van der Waals surface area contributed by atoms with Crippen LogP contribution in [-0.2, 0) is 33.0 Å². The van der Waals surface area contributed by atoms with E-state index in [0.29, 0.717) is 36.9 Å². The molecule has 0 atom stereocenters. The minimum atomic E-state index is -1.35. The van der Waals surface area contributed by atoms with Gasteiger partial charge in [-0.15, -0.1) is 11.8 Å². The van der Waals surface area contributed by atoms with Gasteiger partial charge in [-0.1, -0.05) is 56.0 Å². The highest BCUT2D eigenvalue weighted by Crippen LogP contribution is 2.33. The third kappa shape index (κ3) is 11.5. The standard InChI is InChI=1S/C33H44O6SSi/c1-35-25-39-31-19-16-27(11-9-10-20-37-23-26-14-17-28(36-2)18-15-26)30(24-40-29-12-7-6-8-13-29)32(31)33(34)38-21-22-41(3,4)5/h6-8,12-19H,9-11,20-25H2,1-5H3. The second-order valence-electron chi connectivity index (χ2n) is 11.0. The molecule has 0 amide bonds. The highest BCUT2D eigenvalue weighted by Gasteiger charge is 2.23. The monoisotopic (exact) mass is 596 g/mol. The van der Waals surface area contributed by atoms with Crippen molar-refractivity contribution in [3.8, 4) is 11.5 Å². The first kappa shape index (κ1) is 32.7. The number of methoxy groups -OCH3 is 2. The van der Waals surface area contributed by atoms with Crippen LogP contribution in [-0.4, -0.2) is 48.3 Å². The number of hydrogen-bond donors (Lipinski definition) is 0. The van der Waals surface area contributed by atoms with E-state index in [2.05, 4.69) is 37.8 Å². The SMILES string of the molecule is COCOc1ccc(CCCCOCc2ccc(OC)cc2)c(CSc2ccccc2)c1C(=O)OCC[Si](C)(C)C. The third-order valence-corrected chi connectivity index (χ3v) is 9.27. The molecule has 0 radical (unpaired) electrons. The largest absolute Gasteiger partial charge is 0.497 e. The number of carbonyl (C=O) groups is 1. The molecule has 0 saturated heterocycles. The van der Waals surface area contributed by atoms with E-state index in [4.69, 9.17) is 23.7 Å². The van der Waals surface area contributed by atoms with Gasteiger partial charge in [-0.05, 0) is 72.3 Å². The van der Waals surface area contributed by atoms with E-state index in [1.807, 2.05) is 48.5 Å². The first-order chi connectivity index (χ1) is 19.8. The lowest BCUT2D eigenvalue weighted by atomic mass is 9.97. The zero-order valence-corrected chi connectivity index (χ0v) is 26.9. The lowest BCUT2D eigenvalue weighted by Crippen LogP contribution is -2.23. The number of esters is 1. The van der Waals surface area contributed by atoms with Crippen LogP contribution < -0.4 is 9.47 Å². The number of hydrogen-bond acceptors (Lipinski definition) is 7. The fourth-order valence-electron chi connectivity index (χ4n) is 4.16. The minimum Gasteiger partial charge on any atom is -0.497 e. The van der Waals surface area contributed by atoms with E-state index in [1.54, 1.807) is 26.0 Å². The van der Waals surface area contributed by atoms with E-state index in [1.165, 1.54) is 0 Å².